The number of nitrogens with one attached hydrogen (secondary N) is 2. The number of para-hydroxylation sites is 1. The third-order valence-electron chi connectivity index (χ3n) is 2.57. The average molecular weight is 342 g/mol. The second-order valence-corrected chi connectivity index (χ2v) is 8.01. The highest BCUT2D eigenvalue weighted by Crippen LogP contribution is 2.25. The van der Waals surface area contributed by atoms with Crippen LogP contribution in [0.4, 0.5) is 14.5 Å². The Kier molecular flexibility index (Phi) is 6.05. The molecule has 0 aliphatic rings. The third-order valence-corrected chi connectivity index (χ3v) is 5.41. The smallest absolute Gasteiger partial charge is 0.341 e. The molecular weight excluding hydrogens is 326 g/mol. The molecule has 1 rings (SSSR count). The van der Waals surface area contributed by atoms with Gasteiger partial charge in [-0.2, -0.15) is 8.78 Å². The first-order chi connectivity index (χ1) is 9.70. The summed E-state index contributed by atoms with van der Waals surface area (Å²) in [4.78, 5) is -0.515. The van der Waals surface area contributed by atoms with Crippen molar-refractivity contribution in [3.63, 3.8) is 0 Å². The van der Waals surface area contributed by atoms with Crippen LogP contribution in [0.3, 0.4) is 0 Å². The Bertz CT molecular complexity index is 675. The Balaban J connectivity index is 2.78. The minimum absolute atomic E-state index is 0.00787. The molecule has 21 heavy (non-hydrogen) atoms. The zero-order chi connectivity index (χ0) is 16.1. The highest BCUT2D eigenvalue weighted by atomic mass is 32.2. The minimum atomic E-state index is -4.71. The summed E-state index contributed by atoms with van der Waals surface area (Å²) in [7, 11) is -8.07. The van der Waals surface area contributed by atoms with E-state index in [4.69, 9.17) is 0 Å². The second-order valence-electron chi connectivity index (χ2n) is 4.03. The number of sulfone groups is 1. The largest absolute Gasteiger partial charge is 0.383 e. The fourth-order valence-electron chi connectivity index (χ4n) is 1.46. The first kappa shape index (κ1) is 17.8. The molecule has 0 fully saturated rings. The Morgan fingerprint density at radius 3 is 2.29 bits per heavy atom. The standard InChI is InChI=1S/C11H16F2N2O4S2/c1-2-20(16,17)15-8-7-14-9-5-3-4-6-10(9)21(18,19)11(12)13/h3-6,11,14-15H,2,7-8H2,1H3. The van der Waals surface area contributed by atoms with Gasteiger partial charge in [0.25, 0.3) is 0 Å². The molecule has 0 atom stereocenters. The number of rotatable bonds is 8. The number of hydrogen-bond acceptors (Lipinski definition) is 5. The van der Waals surface area contributed by atoms with Gasteiger partial charge in [0.15, 0.2) is 0 Å². The van der Waals surface area contributed by atoms with Gasteiger partial charge in [0.1, 0.15) is 0 Å². The van der Waals surface area contributed by atoms with Crippen LogP contribution in [0.25, 0.3) is 0 Å². The lowest BCUT2D eigenvalue weighted by Crippen LogP contribution is -2.30. The maximum Gasteiger partial charge on any atom is 0.341 e. The first-order valence-corrected chi connectivity index (χ1v) is 9.23. The van der Waals surface area contributed by atoms with Gasteiger partial charge in [-0.3, -0.25) is 0 Å². The summed E-state index contributed by atoms with van der Waals surface area (Å²) in [5.41, 5.74) is 0.00787. The lowest BCUT2D eigenvalue weighted by Gasteiger charge is -2.12. The van der Waals surface area contributed by atoms with Crippen molar-refractivity contribution in [2.45, 2.75) is 17.6 Å². The molecule has 10 heteroatoms. The van der Waals surface area contributed by atoms with Gasteiger partial charge in [-0.05, 0) is 19.1 Å². The van der Waals surface area contributed by atoms with Crippen LogP contribution >= 0.6 is 0 Å². The molecule has 0 saturated heterocycles. The molecule has 0 heterocycles. The Labute approximate surface area is 122 Å². The number of benzene rings is 1. The average Bonchev–Trinajstić information content (AvgIpc) is 2.44. The zero-order valence-corrected chi connectivity index (χ0v) is 12.8. The van der Waals surface area contributed by atoms with Crippen molar-refractivity contribution in [3.8, 4) is 0 Å². The van der Waals surface area contributed by atoms with E-state index in [-0.39, 0.29) is 24.5 Å². The molecule has 0 amide bonds. The zero-order valence-electron chi connectivity index (χ0n) is 11.2. The highest BCUT2D eigenvalue weighted by Gasteiger charge is 2.28. The van der Waals surface area contributed by atoms with Gasteiger partial charge in [-0.25, -0.2) is 21.6 Å². The topological polar surface area (TPSA) is 92.3 Å². The molecule has 0 aliphatic carbocycles. The van der Waals surface area contributed by atoms with Crippen molar-refractivity contribution in [3.05, 3.63) is 24.3 Å². The molecular formula is C11H16F2N2O4S2. The van der Waals surface area contributed by atoms with Crippen molar-refractivity contribution in [1.29, 1.82) is 0 Å². The Morgan fingerprint density at radius 1 is 1.10 bits per heavy atom. The number of anilines is 1. The van der Waals surface area contributed by atoms with E-state index in [2.05, 4.69) is 10.0 Å². The predicted octanol–water partition coefficient (Wildman–Crippen LogP) is 1.03. The molecule has 0 aromatic heterocycles. The normalized spacial score (nSPS) is 12.6. The van der Waals surface area contributed by atoms with Crippen LogP contribution in [0.15, 0.2) is 29.2 Å². The van der Waals surface area contributed by atoms with E-state index in [0.717, 1.165) is 6.07 Å². The quantitative estimate of drug-likeness (QED) is 0.689. The van der Waals surface area contributed by atoms with Gasteiger partial charge < -0.3 is 5.32 Å². The number of hydrogen-bond donors (Lipinski definition) is 2. The van der Waals surface area contributed by atoms with Crippen LogP contribution in [0.5, 0.6) is 0 Å². The monoisotopic (exact) mass is 342 g/mol. The summed E-state index contributed by atoms with van der Waals surface area (Å²) in [6.45, 7) is 1.55. The van der Waals surface area contributed by atoms with E-state index in [1.54, 1.807) is 0 Å². The van der Waals surface area contributed by atoms with E-state index in [9.17, 15) is 25.6 Å². The predicted molar refractivity (Wildman–Crippen MR) is 75.6 cm³/mol. The lowest BCUT2D eigenvalue weighted by molar-refractivity contribution is 0.235. The van der Waals surface area contributed by atoms with Gasteiger partial charge in [-0.15, -0.1) is 0 Å². The van der Waals surface area contributed by atoms with Crippen LogP contribution in [0.2, 0.25) is 0 Å². The Morgan fingerprint density at radius 2 is 1.71 bits per heavy atom. The maximum atomic E-state index is 12.6. The molecule has 0 bridgehead atoms. The fourth-order valence-corrected chi connectivity index (χ4v) is 2.99. The molecule has 1 aromatic carbocycles. The second kappa shape index (κ2) is 7.14. The van der Waals surface area contributed by atoms with Crippen LogP contribution in [-0.2, 0) is 19.9 Å². The van der Waals surface area contributed by atoms with Crippen LogP contribution < -0.4 is 10.0 Å². The summed E-state index contributed by atoms with van der Waals surface area (Å²) in [6, 6.07) is 5.23. The molecule has 0 saturated carbocycles. The van der Waals surface area contributed by atoms with E-state index >= 15 is 0 Å². The van der Waals surface area contributed by atoms with Crippen LogP contribution in [-0.4, -0.2) is 41.4 Å². The molecule has 0 aliphatic heterocycles. The molecule has 0 unspecified atom stereocenters. The summed E-state index contributed by atoms with van der Waals surface area (Å²) in [6.07, 6.45) is 0. The first-order valence-electron chi connectivity index (χ1n) is 6.03. The van der Waals surface area contributed by atoms with Crippen molar-refractivity contribution in [1.82, 2.24) is 4.72 Å². The molecule has 2 N–H and O–H groups in total. The minimum Gasteiger partial charge on any atom is -0.383 e. The van der Waals surface area contributed by atoms with Gasteiger partial charge in [0.05, 0.1) is 16.3 Å². The summed E-state index contributed by atoms with van der Waals surface area (Å²) in [5.74, 6) is -3.59. The SMILES string of the molecule is CCS(=O)(=O)NCCNc1ccccc1S(=O)(=O)C(F)F. The summed E-state index contributed by atoms with van der Waals surface area (Å²) < 4.78 is 72.8. The van der Waals surface area contributed by atoms with Gasteiger partial charge in [0.2, 0.25) is 19.9 Å². The third kappa shape index (κ3) is 4.90. The number of alkyl halides is 2. The van der Waals surface area contributed by atoms with E-state index in [0.29, 0.717) is 0 Å². The molecule has 6 nitrogen and oxygen atoms in total. The van der Waals surface area contributed by atoms with Crippen molar-refractivity contribution in [2.24, 2.45) is 0 Å². The van der Waals surface area contributed by atoms with E-state index in [1.807, 2.05) is 0 Å². The van der Waals surface area contributed by atoms with Gasteiger partial charge in [0, 0.05) is 13.1 Å². The number of sulfonamides is 1. The highest BCUT2D eigenvalue weighted by molar-refractivity contribution is 7.91. The molecule has 0 spiro atoms. The number of halogens is 2. The van der Waals surface area contributed by atoms with Crippen LogP contribution in [0, 0.1) is 0 Å². The van der Waals surface area contributed by atoms with E-state index < -0.39 is 30.5 Å². The summed E-state index contributed by atoms with van der Waals surface area (Å²) >= 11 is 0. The Hall–Kier alpha value is -1.26. The molecule has 1 aromatic rings. The van der Waals surface area contributed by atoms with Crippen molar-refractivity contribution in [2.75, 3.05) is 24.2 Å². The van der Waals surface area contributed by atoms with Gasteiger partial charge in [-0.1, -0.05) is 12.1 Å². The van der Waals surface area contributed by atoms with Crippen LogP contribution in [0.1, 0.15) is 6.92 Å². The molecule has 120 valence electrons. The summed E-state index contributed by atoms with van der Waals surface area (Å²) in [5, 5.41) is 2.63. The lowest BCUT2D eigenvalue weighted by atomic mass is 10.3. The van der Waals surface area contributed by atoms with E-state index in [1.165, 1.54) is 25.1 Å². The van der Waals surface area contributed by atoms with Crippen molar-refractivity contribution < 1.29 is 25.6 Å². The molecule has 0 radical (unpaired) electrons. The van der Waals surface area contributed by atoms with Gasteiger partial charge >= 0.3 is 5.76 Å². The fraction of sp³-hybridized carbons (Fsp3) is 0.455. The maximum absolute atomic E-state index is 12.6. The van der Waals surface area contributed by atoms with Crippen molar-refractivity contribution >= 4 is 25.5 Å².